The molecular weight excluding hydrogens is 468 g/mol. The van der Waals surface area contributed by atoms with Crippen LogP contribution in [0, 0.1) is 24.2 Å². The van der Waals surface area contributed by atoms with Crippen molar-refractivity contribution in [2.45, 2.75) is 31.2 Å². The van der Waals surface area contributed by atoms with Gasteiger partial charge in [0.05, 0.1) is 16.5 Å². The monoisotopic (exact) mass is 498 g/mol. The molecule has 7 nitrogen and oxygen atoms in total. The van der Waals surface area contributed by atoms with Crippen LogP contribution in [0.3, 0.4) is 0 Å². The SMILES string of the molecule is Cc1cc(CN2CCSCC2)ccc1NC(=O)C1CCN(S(=O)(=O)c2ccc(C#N)cc2)CC1. The largest absolute Gasteiger partial charge is 0.326 e. The lowest BCUT2D eigenvalue weighted by atomic mass is 9.97. The number of anilines is 1. The Morgan fingerprint density at radius 3 is 2.38 bits per heavy atom. The standard InChI is InChI=1S/C25H30N4O3S2/c1-19-16-21(18-28-12-14-33-15-13-28)4-7-24(19)27-25(30)22-8-10-29(11-9-22)34(31,32)23-5-2-20(17-26)3-6-23/h2-7,16,22H,8-15,18H2,1H3,(H,27,30). The molecule has 4 rings (SSSR count). The highest BCUT2D eigenvalue weighted by molar-refractivity contribution is 7.99. The summed E-state index contributed by atoms with van der Waals surface area (Å²) in [6, 6.07) is 14.1. The van der Waals surface area contributed by atoms with Crippen molar-refractivity contribution in [3.05, 3.63) is 59.2 Å². The Labute approximate surface area is 206 Å². The molecule has 0 atom stereocenters. The molecule has 34 heavy (non-hydrogen) atoms. The molecule has 2 aliphatic heterocycles. The first-order chi connectivity index (χ1) is 16.4. The number of amides is 1. The molecule has 0 unspecified atom stereocenters. The van der Waals surface area contributed by atoms with Gasteiger partial charge >= 0.3 is 0 Å². The number of nitrogens with one attached hydrogen (secondary N) is 1. The van der Waals surface area contributed by atoms with Gasteiger partial charge in [0.2, 0.25) is 15.9 Å². The van der Waals surface area contributed by atoms with Gasteiger partial charge in [-0.05, 0) is 61.2 Å². The number of piperidine rings is 1. The normalized spacial score (nSPS) is 18.4. The lowest BCUT2D eigenvalue weighted by Crippen LogP contribution is -2.41. The summed E-state index contributed by atoms with van der Waals surface area (Å²) < 4.78 is 27.3. The zero-order valence-electron chi connectivity index (χ0n) is 19.4. The molecule has 2 aliphatic rings. The third-order valence-corrected chi connectivity index (χ3v) is 9.36. The molecule has 2 heterocycles. The van der Waals surface area contributed by atoms with E-state index in [1.54, 1.807) is 0 Å². The highest BCUT2D eigenvalue weighted by Crippen LogP contribution is 2.26. The topological polar surface area (TPSA) is 93.5 Å². The van der Waals surface area contributed by atoms with E-state index in [9.17, 15) is 13.2 Å². The third-order valence-electron chi connectivity index (χ3n) is 6.50. The Bertz CT molecular complexity index is 1160. The summed E-state index contributed by atoms with van der Waals surface area (Å²) in [5.74, 6) is 2.08. The molecule has 0 spiro atoms. The highest BCUT2D eigenvalue weighted by Gasteiger charge is 2.32. The minimum absolute atomic E-state index is 0.0562. The molecule has 1 amide bonds. The molecule has 0 aromatic heterocycles. The number of carbonyl (C=O) groups is 1. The fourth-order valence-corrected chi connectivity index (χ4v) is 6.87. The van der Waals surface area contributed by atoms with E-state index >= 15 is 0 Å². The van der Waals surface area contributed by atoms with Crippen LogP contribution in [0.1, 0.15) is 29.5 Å². The van der Waals surface area contributed by atoms with Gasteiger partial charge in [-0.1, -0.05) is 12.1 Å². The van der Waals surface area contributed by atoms with Crippen molar-refractivity contribution in [1.29, 1.82) is 5.26 Å². The number of rotatable bonds is 6. The van der Waals surface area contributed by atoms with Gasteiger partial charge in [-0.25, -0.2) is 8.42 Å². The minimum atomic E-state index is -3.63. The summed E-state index contributed by atoms with van der Waals surface area (Å²) in [6.45, 7) is 5.77. The van der Waals surface area contributed by atoms with Crippen LogP contribution < -0.4 is 5.32 Å². The van der Waals surface area contributed by atoms with Crippen LogP contribution in [0.25, 0.3) is 0 Å². The van der Waals surface area contributed by atoms with Crippen LogP contribution in [0.4, 0.5) is 5.69 Å². The second kappa shape index (κ2) is 10.9. The van der Waals surface area contributed by atoms with Crippen LogP contribution >= 0.6 is 11.8 Å². The van der Waals surface area contributed by atoms with E-state index in [0.29, 0.717) is 31.5 Å². The van der Waals surface area contributed by atoms with Crippen molar-refractivity contribution in [2.24, 2.45) is 5.92 Å². The smallest absolute Gasteiger partial charge is 0.243 e. The van der Waals surface area contributed by atoms with E-state index < -0.39 is 10.0 Å². The van der Waals surface area contributed by atoms with Crippen molar-refractivity contribution in [1.82, 2.24) is 9.21 Å². The first-order valence-corrected chi connectivity index (χ1v) is 14.2. The van der Waals surface area contributed by atoms with Crippen molar-refractivity contribution in [3.63, 3.8) is 0 Å². The van der Waals surface area contributed by atoms with Crippen LogP contribution in [-0.4, -0.2) is 61.2 Å². The summed E-state index contributed by atoms with van der Waals surface area (Å²) in [6.07, 6.45) is 0.955. The summed E-state index contributed by atoms with van der Waals surface area (Å²) in [5.41, 5.74) is 3.53. The maximum Gasteiger partial charge on any atom is 0.243 e. The van der Waals surface area contributed by atoms with Crippen molar-refractivity contribution in [3.8, 4) is 6.07 Å². The first kappa shape index (κ1) is 24.7. The van der Waals surface area contributed by atoms with Crippen LogP contribution in [0.15, 0.2) is 47.4 Å². The lowest BCUT2D eigenvalue weighted by molar-refractivity contribution is -0.120. The number of carbonyl (C=O) groups excluding carboxylic acids is 1. The number of nitrogens with zero attached hydrogens (tertiary/aromatic N) is 3. The lowest BCUT2D eigenvalue weighted by Gasteiger charge is -2.30. The Balaban J connectivity index is 1.32. The fourth-order valence-electron chi connectivity index (χ4n) is 4.43. The number of thioether (sulfide) groups is 1. The van der Waals surface area contributed by atoms with Gasteiger partial charge in [-0.3, -0.25) is 9.69 Å². The molecular formula is C25H30N4O3S2. The van der Waals surface area contributed by atoms with Gasteiger partial charge in [-0.15, -0.1) is 0 Å². The fraction of sp³-hybridized carbons (Fsp3) is 0.440. The predicted molar refractivity (Wildman–Crippen MR) is 135 cm³/mol. The van der Waals surface area contributed by atoms with Gasteiger partial charge in [0, 0.05) is 55.8 Å². The average Bonchev–Trinajstić information content (AvgIpc) is 2.86. The molecule has 0 saturated carbocycles. The highest BCUT2D eigenvalue weighted by atomic mass is 32.2. The van der Waals surface area contributed by atoms with E-state index in [4.69, 9.17) is 5.26 Å². The Kier molecular flexibility index (Phi) is 7.94. The summed E-state index contributed by atoms with van der Waals surface area (Å²) in [5, 5.41) is 12.0. The second-order valence-corrected chi connectivity index (χ2v) is 12.0. The van der Waals surface area contributed by atoms with E-state index in [0.717, 1.165) is 30.9 Å². The van der Waals surface area contributed by atoms with Crippen LogP contribution in [0.2, 0.25) is 0 Å². The molecule has 2 aromatic carbocycles. The third kappa shape index (κ3) is 5.81. The summed E-state index contributed by atoms with van der Waals surface area (Å²) in [4.78, 5) is 15.5. The van der Waals surface area contributed by atoms with Gasteiger partial charge in [0.25, 0.3) is 0 Å². The number of sulfonamides is 1. The van der Waals surface area contributed by atoms with Gasteiger partial charge in [-0.2, -0.15) is 21.3 Å². The van der Waals surface area contributed by atoms with E-state index in [1.165, 1.54) is 45.6 Å². The molecule has 180 valence electrons. The number of nitriles is 1. The van der Waals surface area contributed by atoms with Crippen molar-refractivity contribution < 1.29 is 13.2 Å². The number of hydrogen-bond donors (Lipinski definition) is 1. The summed E-state index contributed by atoms with van der Waals surface area (Å²) in [7, 11) is -3.63. The molecule has 0 aliphatic carbocycles. The van der Waals surface area contributed by atoms with Crippen LogP contribution in [0.5, 0.6) is 0 Å². The molecule has 0 bridgehead atoms. The number of aryl methyl sites for hydroxylation is 1. The zero-order valence-corrected chi connectivity index (χ0v) is 21.0. The van der Waals surface area contributed by atoms with Gasteiger partial charge < -0.3 is 5.32 Å². The van der Waals surface area contributed by atoms with Gasteiger partial charge in [0.1, 0.15) is 0 Å². The molecule has 0 radical (unpaired) electrons. The number of hydrogen-bond acceptors (Lipinski definition) is 6. The molecule has 9 heteroatoms. The average molecular weight is 499 g/mol. The van der Waals surface area contributed by atoms with Crippen molar-refractivity contribution >= 4 is 33.4 Å². The van der Waals surface area contributed by atoms with Crippen molar-refractivity contribution in [2.75, 3.05) is 43.0 Å². The maximum absolute atomic E-state index is 12.9. The maximum atomic E-state index is 12.9. The van der Waals surface area contributed by atoms with Crippen LogP contribution in [-0.2, 0) is 21.4 Å². The first-order valence-electron chi connectivity index (χ1n) is 11.6. The number of benzene rings is 2. The van der Waals surface area contributed by atoms with E-state index in [-0.39, 0.29) is 16.7 Å². The molecule has 1 N–H and O–H groups in total. The van der Waals surface area contributed by atoms with Gasteiger partial charge in [0.15, 0.2) is 0 Å². The van der Waals surface area contributed by atoms with E-state index in [1.807, 2.05) is 30.8 Å². The minimum Gasteiger partial charge on any atom is -0.326 e. The molecule has 2 saturated heterocycles. The molecule has 2 aromatic rings. The predicted octanol–water partition coefficient (Wildman–Crippen LogP) is 3.45. The second-order valence-electron chi connectivity index (χ2n) is 8.84. The zero-order chi connectivity index (χ0) is 24.1. The summed E-state index contributed by atoms with van der Waals surface area (Å²) >= 11 is 2.00. The quantitative estimate of drug-likeness (QED) is 0.656. The Morgan fingerprint density at radius 2 is 1.76 bits per heavy atom. The Hall–Kier alpha value is -2.38. The Morgan fingerprint density at radius 1 is 1.09 bits per heavy atom. The van der Waals surface area contributed by atoms with E-state index in [2.05, 4.69) is 22.3 Å². The molecule has 2 fully saturated rings.